The van der Waals surface area contributed by atoms with Crippen molar-refractivity contribution in [3.05, 3.63) is 11.8 Å². The smallest absolute Gasteiger partial charge is 0.254 e. The molecule has 0 radical (unpaired) electrons. The van der Waals surface area contributed by atoms with Gasteiger partial charge in [0, 0.05) is 20.3 Å². The monoisotopic (exact) mass is 280 g/mol. The molecule has 1 aromatic rings. The molecule has 0 bridgehead atoms. The van der Waals surface area contributed by atoms with E-state index in [0.717, 1.165) is 19.6 Å². The standard InChI is InChI=1S/C14H24N4O2/c1-20-8-7-14(5-3-2-4-6-14)10-16-13-11(12(15)19)9-17-18-13/h9H,2-8,10H2,1H3,(H2,15,19)(H2,16,17,18). The molecule has 0 spiro atoms. The summed E-state index contributed by atoms with van der Waals surface area (Å²) in [5.74, 6) is 0.163. The zero-order chi connectivity index (χ0) is 14.4. The largest absolute Gasteiger partial charge is 0.385 e. The number of aromatic nitrogens is 2. The number of carbonyl (C=O) groups excluding carboxylic acids is 1. The number of hydrogen-bond acceptors (Lipinski definition) is 4. The molecule has 6 nitrogen and oxygen atoms in total. The lowest BCUT2D eigenvalue weighted by atomic mass is 9.72. The molecule has 0 saturated heterocycles. The Morgan fingerprint density at radius 1 is 1.50 bits per heavy atom. The van der Waals surface area contributed by atoms with E-state index in [4.69, 9.17) is 10.5 Å². The predicted octanol–water partition coefficient (Wildman–Crippen LogP) is 1.91. The van der Waals surface area contributed by atoms with E-state index < -0.39 is 5.91 Å². The summed E-state index contributed by atoms with van der Waals surface area (Å²) in [7, 11) is 1.74. The normalized spacial score (nSPS) is 17.9. The van der Waals surface area contributed by atoms with Crippen LogP contribution in [-0.4, -0.2) is 36.4 Å². The van der Waals surface area contributed by atoms with Crippen LogP contribution in [0.4, 0.5) is 5.82 Å². The van der Waals surface area contributed by atoms with Crippen LogP contribution < -0.4 is 11.1 Å². The van der Waals surface area contributed by atoms with E-state index in [0.29, 0.717) is 11.4 Å². The van der Waals surface area contributed by atoms with Crippen LogP contribution >= 0.6 is 0 Å². The number of rotatable bonds is 7. The van der Waals surface area contributed by atoms with E-state index in [2.05, 4.69) is 15.5 Å². The highest BCUT2D eigenvalue weighted by molar-refractivity contribution is 5.97. The van der Waals surface area contributed by atoms with Crippen LogP contribution in [-0.2, 0) is 4.74 Å². The highest BCUT2D eigenvalue weighted by atomic mass is 16.5. The average molecular weight is 280 g/mol. The second-order valence-corrected chi connectivity index (χ2v) is 5.68. The van der Waals surface area contributed by atoms with Gasteiger partial charge in [0.25, 0.3) is 5.91 Å². The number of primary amides is 1. The summed E-state index contributed by atoms with van der Waals surface area (Å²) in [4.78, 5) is 11.3. The lowest BCUT2D eigenvalue weighted by Gasteiger charge is -2.37. The number of hydrogen-bond donors (Lipinski definition) is 3. The minimum absolute atomic E-state index is 0.244. The molecule has 0 unspecified atom stereocenters. The molecule has 6 heteroatoms. The minimum atomic E-state index is -0.462. The van der Waals surface area contributed by atoms with Gasteiger partial charge in [0.1, 0.15) is 11.4 Å². The van der Waals surface area contributed by atoms with Gasteiger partial charge in [0.2, 0.25) is 0 Å². The van der Waals surface area contributed by atoms with Crippen molar-refractivity contribution < 1.29 is 9.53 Å². The Bertz CT molecular complexity index is 438. The van der Waals surface area contributed by atoms with E-state index >= 15 is 0 Å². The van der Waals surface area contributed by atoms with Crippen LogP contribution in [0.15, 0.2) is 6.20 Å². The minimum Gasteiger partial charge on any atom is -0.385 e. The Balaban J connectivity index is 2.00. The summed E-state index contributed by atoms with van der Waals surface area (Å²) in [5.41, 5.74) is 5.99. The lowest BCUT2D eigenvalue weighted by molar-refractivity contribution is 0.1000. The second-order valence-electron chi connectivity index (χ2n) is 5.68. The molecule has 1 aliphatic rings. The molecule has 1 amide bonds. The fourth-order valence-electron chi connectivity index (χ4n) is 3.02. The number of nitrogens with zero attached hydrogens (tertiary/aromatic N) is 1. The number of carbonyl (C=O) groups is 1. The summed E-state index contributed by atoms with van der Waals surface area (Å²) >= 11 is 0. The van der Waals surface area contributed by atoms with Gasteiger partial charge in [-0.3, -0.25) is 9.89 Å². The van der Waals surface area contributed by atoms with Gasteiger partial charge in [-0.25, -0.2) is 0 Å². The maximum atomic E-state index is 11.3. The summed E-state index contributed by atoms with van der Waals surface area (Å²) in [5, 5.41) is 10.0. The molecule has 20 heavy (non-hydrogen) atoms. The molecular formula is C14H24N4O2. The van der Waals surface area contributed by atoms with Crippen molar-refractivity contribution in [2.75, 3.05) is 25.6 Å². The molecule has 1 saturated carbocycles. The third kappa shape index (κ3) is 3.50. The van der Waals surface area contributed by atoms with Gasteiger partial charge < -0.3 is 15.8 Å². The predicted molar refractivity (Wildman–Crippen MR) is 77.6 cm³/mol. The summed E-state index contributed by atoms with van der Waals surface area (Å²) in [6.45, 7) is 1.59. The van der Waals surface area contributed by atoms with Gasteiger partial charge in [-0.15, -0.1) is 0 Å². The molecule has 4 N–H and O–H groups in total. The first-order valence-corrected chi connectivity index (χ1v) is 7.23. The van der Waals surface area contributed by atoms with Crippen molar-refractivity contribution >= 4 is 11.7 Å². The number of amides is 1. The third-order valence-electron chi connectivity index (χ3n) is 4.30. The summed E-state index contributed by atoms with van der Waals surface area (Å²) in [6, 6.07) is 0. The zero-order valence-electron chi connectivity index (χ0n) is 12.1. The average Bonchev–Trinajstić information content (AvgIpc) is 2.93. The maximum absolute atomic E-state index is 11.3. The molecule has 112 valence electrons. The van der Waals surface area contributed by atoms with Gasteiger partial charge in [-0.2, -0.15) is 5.10 Å². The van der Waals surface area contributed by atoms with Crippen LogP contribution in [0.25, 0.3) is 0 Å². The quantitative estimate of drug-likeness (QED) is 0.711. The first-order valence-electron chi connectivity index (χ1n) is 7.23. The third-order valence-corrected chi connectivity index (χ3v) is 4.30. The first-order chi connectivity index (χ1) is 9.67. The number of anilines is 1. The van der Waals surface area contributed by atoms with Crippen LogP contribution in [0.2, 0.25) is 0 Å². The number of H-pyrrole nitrogens is 1. The molecule has 2 rings (SSSR count). The maximum Gasteiger partial charge on any atom is 0.254 e. The molecule has 0 aliphatic heterocycles. The van der Waals surface area contributed by atoms with Gasteiger partial charge in [-0.1, -0.05) is 19.3 Å². The fraction of sp³-hybridized carbons (Fsp3) is 0.714. The van der Waals surface area contributed by atoms with Crippen molar-refractivity contribution in [1.29, 1.82) is 0 Å². The topological polar surface area (TPSA) is 93.0 Å². The molecular weight excluding hydrogens is 256 g/mol. The number of methoxy groups -OCH3 is 1. The van der Waals surface area contributed by atoms with Crippen molar-refractivity contribution in [2.45, 2.75) is 38.5 Å². The van der Waals surface area contributed by atoms with Crippen molar-refractivity contribution in [1.82, 2.24) is 10.2 Å². The van der Waals surface area contributed by atoms with Gasteiger partial charge in [0.05, 0.1) is 6.20 Å². The van der Waals surface area contributed by atoms with Gasteiger partial charge in [0.15, 0.2) is 0 Å². The Kier molecular flexibility index (Phi) is 5.00. The van der Waals surface area contributed by atoms with Gasteiger partial charge >= 0.3 is 0 Å². The SMILES string of the molecule is COCCC1(CNc2[nH]ncc2C(N)=O)CCCCC1. The van der Waals surface area contributed by atoms with Crippen LogP contribution in [0.1, 0.15) is 48.9 Å². The Labute approximate surface area is 119 Å². The van der Waals surface area contributed by atoms with E-state index in [1.54, 1.807) is 7.11 Å². The van der Waals surface area contributed by atoms with Crippen LogP contribution in [0.3, 0.4) is 0 Å². The van der Waals surface area contributed by atoms with Gasteiger partial charge in [-0.05, 0) is 24.7 Å². The van der Waals surface area contributed by atoms with E-state index in [9.17, 15) is 4.79 Å². The highest BCUT2D eigenvalue weighted by Crippen LogP contribution is 2.39. The summed E-state index contributed by atoms with van der Waals surface area (Å²) < 4.78 is 5.25. The molecule has 1 fully saturated rings. The van der Waals surface area contributed by atoms with Crippen LogP contribution in [0, 0.1) is 5.41 Å². The highest BCUT2D eigenvalue weighted by Gasteiger charge is 2.31. The van der Waals surface area contributed by atoms with Crippen molar-refractivity contribution in [3.63, 3.8) is 0 Å². The van der Waals surface area contributed by atoms with Crippen molar-refractivity contribution in [2.24, 2.45) is 11.1 Å². The number of aromatic amines is 1. The summed E-state index contributed by atoms with van der Waals surface area (Å²) in [6.07, 6.45) is 8.73. The molecule has 0 atom stereocenters. The molecule has 1 aromatic heterocycles. The molecule has 1 aliphatic carbocycles. The Morgan fingerprint density at radius 3 is 2.90 bits per heavy atom. The molecule has 1 heterocycles. The zero-order valence-corrected chi connectivity index (χ0v) is 12.1. The first kappa shape index (κ1) is 14.8. The number of nitrogens with one attached hydrogen (secondary N) is 2. The van der Waals surface area contributed by atoms with E-state index in [1.807, 2.05) is 0 Å². The Morgan fingerprint density at radius 2 is 2.25 bits per heavy atom. The van der Waals surface area contributed by atoms with Crippen molar-refractivity contribution in [3.8, 4) is 0 Å². The fourth-order valence-corrected chi connectivity index (χ4v) is 3.02. The lowest BCUT2D eigenvalue weighted by Crippen LogP contribution is -2.34. The van der Waals surface area contributed by atoms with E-state index in [1.165, 1.54) is 38.3 Å². The van der Waals surface area contributed by atoms with E-state index in [-0.39, 0.29) is 5.41 Å². The number of nitrogens with two attached hydrogens (primary N) is 1. The second kappa shape index (κ2) is 6.74. The van der Waals surface area contributed by atoms with Crippen LogP contribution in [0.5, 0.6) is 0 Å². The number of ether oxygens (including phenoxy) is 1. The molecule has 0 aromatic carbocycles. The Hall–Kier alpha value is -1.56.